The zero-order chi connectivity index (χ0) is 19.0. The molecule has 0 aliphatic rings. The molecule has 6 nitrogen and oxygen atoms in total. The molecular weight excluding hydrogens is 340 g/mol. The minimum absolute atomic E-state index is 0.0409. The molecular formula is C18H30N2O4S. The third kappa shape index (κ3) is 6.66. The lowest BCUT2D eigenvalue weighted by Gasteiger charge is -2.22. The van der Waals surface area contributed by atoms with Gasteiger partial charge in [0.1, 0.15) is 6.04 Å². The molecule has 0 bridgehead atoms. The smallest absolute Gasteiger partial charge is 0.238 e. The molecule has 0 aliphatic carbocycles. The first kappa shape index (κ1) is 21.4. The Labute approximate surface area is 153 Å². The van der Waals surface area contributed by atoms with Crippen LogP contribution < -0.4 is 19.5 Å². The van der Waals surface area contributed by atoms with Gasteiger partial charge in [-0.1, -0.05) is 19.9 Å². The predicted molar refractivity (Wildman–Crippen MR) is 101 cm³/mol. The average molecular weight is 371 g/mol. The SMILES string of the molecule is COc1ccc(CCNC(=O)C(N[S@@](=O)C(C)C)C(C)C)cc1OC. The van der Waals surface area contributed by atoms with E-state index < -0.39 is 17.0 Å². The molecule has 0 aliphatic heterocycles. The first-order valence-electron chi connectivity index (χ1n) is 8.45. The Morgan fingerprint density at radius 3 is 2.28 bits per heavy atom. The van der Waals surface area contributed by atoms with Gasteiger partial charge in [0, 0.05) is 11.8 Å². The minimum Gasteiger partial charge on any atom is -0.493 e. The van der Waals surface area contributed by atoms with E-state index in [0.717, 1.165) is 5.56 Å². The monoisotopic (exact) mass is 370 g/mol. The molecule has 7 heteroatoms. The number of carbonyl (C=O) groups excluding carboxylic acids is 1. The Balaban J connectivity index is 2.61. The van der Waals surface area contributed by atoms with Crippen molar-refractivity contribution in [1.82, 2.24) is 10.0 Å². The van der Waals surface area contributed by atoms with Crippen molar-refractivity contribution >= 4 is 16.9 Å². The summed E-state index contributed by atoms with van der Waals surface area (Å²) in [5, 5.41) is 2.87. The molecule has 142 valence electrons. The highest BCUT2D eigenvalue weighted by Gasteiger charge is 2.24. The van der Waals surface area contributed by atoms with Crippen LogP contribution in [0.25, 0.3) is 0 Å². The van der Waals surface area contributed by atoms with Crippen LogP contribution in [0.5, 0.6) is 11.5 Å². The van der Waals surface area contributed by atoms with Crippen LogP contribution in [0.15, 0.2) is 18.2 Å². The molecule has 0 fully saturated rings. The lowest BCUT2D eigenvalue weighted by Crippen LogP contribution is -2.49. The first-order valence-corrected chi connectivity index (χ1v) is 9.66. The second kappa shape index (κ2) is 10.4. The van der Waals surface area contributed by atoms with Gasteiger partial charge in [0.05, 0.1) is 25.2 Å². The van der Waals surface area contributed by atoms with Crippen molar-refractivity contribution in [3.05, 3.63) is 23.8 Å². The van der Waals surface area contributed by atoms with E-state index in [-0.39, 0.29) is 17.1 Å². The van der Waals surface area contributed by atoms with Crippen LogP contribution >= 0.6 is 0 Å². The molecule has 0 aromatic heterocycles. The second-order valence-corrected chi connectivity index (χ2v) is 8.19. The van der Waals surface area contributed by atoms with Crippen LogP contribution in [0.1, 0.15) is 33.3 Å². The maximum atomic E-state index is 12.4. The maximum absolute atomic E-state index is 12.4. The molecule has 0 heterocycles. The van der Waals surface area contributed by atoms with Crippen molar-refractivity contribution in [3.63, 3.8) is 0 Å². The highest BCUT2D eigenvalue weighted by Crippen LogP contribution is 2.27. The van der Waals surface area contributed by atoms with Gasteiger partial charge in [-0.2, -0.15) is 0 Å². The molecule has 0 saturated heterocycles. The summed E-state index contributed by atoms with van der Waals surface area (Å²) in [5.74, 6) is 1.25. The van der Waals surface area contributed by atoms with Crippen molar-refractivity contribution in [2.45, 2.75) is 45.4 Å². The molecule has 2 atom stereocenters. The van der Waals surface area contributed by atoms with Crippen molar-refractivity contribution < 1.29 is 18.5 Å². The Kier molecular flexibility index (Phi) is 8.92. The first-order chi connectivity index (χ1) is 11.8. The van der Waals surface area contributed by atoms with Gasteiger partial charge in [0.25, 0.3) is 0 Å². The van der Waals surface area contributed by atoms with Crippen molar-refractivity contribution in [3.8, 4) is 11.5 Å². The topological polar surface area (TPSA) is 76.7 Å². The number of hydrogen-bond acceptors (Lipinski definition) is 4. The van der Waals surface area contributed by atoms with Gasteiger partial charge in [0.15, 0.2) is 11.5 Å². The molecule has 0 saturated carbocycles. The molecule has 0 spiro atoms. The predicted octanol–water partition coefficient (Wildman–Crippen LogP) is 2.05. The molecule has 1 rings (SSSR count). The zero-order valence-corrected chi connectivity index (χ0v) is 16.7. The van der Waals surface area contributed by atoms with E-state index in [1.165, 1.54) is 0 Å². The molecule has 0 radical (unpaired) electrons. The normalized spacial score (nSPS) is 13.6. The summed E-state index contributed by atoms with van der Waals surface area (Å²) in [6.45, 7) is 8.07. The van der Waals surface area contributed by atoms with Gasteiger partial charge < -0.3 is 14.8 Å². The number of hydrogen-bond donors (Lipinski definition) is 2. The van der Waals surface area contributed by atoms with E-state index in [4.69, 9.17) is 9.47 Å². The maximum Gasteiger partial charge on any atom is 0.238 e. The van der Waals surface area contributed by atoms with Crippen molar-refractivity contribution in [2.24, 2.45) is 5.92 Å². The van der Waals surface area contributed by atoms with Gasteiger partial charge in [-0.3, -0.25) is 4.79 Å². The van der Waals surface area contributed by atoms with Crippen molar-refractivity contribution in [1.29, 1.82) is 0 Å². The summed E-state index contributed by atoms with van der Waals surface area (Å²) in [5.41, 5.74) is 1.04. The molecule has 25 heavy (non-hydrogen) atoms. The Morgan fingerprint density at radius 2 is 1.76 bits per heavy atom. The number of benzene rings is 1. The Bertz CT molecular complexity index is 590. The van der Waals surface area contributed by atoms with Gasteiger partial charge >= 0.3 is 0 Å². The minimum atomic E-state index is -1.23. The third-order valence-corrected chi connectivity index (χ3v) is 5.12. The van der Waals surface area contributed by atoms with E-state index in [9.17, 15) is 9.00 Å². The lowest BCUT2D eigenvalue weighted by molar-refractivity contribution is -0.123. The summed E-state index contributed by atoms with van der Waals surface area (Å²) in [6, 6.07) is 5.21. The summed E-state index contributed by atoms with van der Waals surface area (Å²) >= 11 is 0. The Morgan fingerprint density at radius 1 is 1.12 bits per heavy atom. The molecule has 1 aromatic carbocycles. The van der Waals surface area contributed by atoms with Gasteiger partial charge in [0.2, 0.25) is 5.91 Å². The fourth-order valence-corrected chi connectivity index (χ4v) is 3.13. The summed E-state index contributed by atoms with van der Waals surface area (Å²) in [4.78, 5) is 12.4. The van der Waals surface area contributed by atoms with E-state index in [1.54, 1.807) is 14.2 Å². The molecule has 1 amide bonds. The van der Waals surface area contributed by atoms with Crippen LogP contribution in [-0.4, -0.2) is 42.2 Å². The number of rotatable bonds is 10. The fraction of sp³-hybridized carbons (Fsp3) is 0.611. The molecule has 2 N–H and O–H groups in total. The van der Waals surface area contributed by atoms with Gasteiger partial charge in [-0.05, 0) is 43.9 Å². The summed E-state index contributed by atoms with van der Waals surface area (Å²) < 4.78 is 25.4. The number of nitrogens with one attached hydrogen (secondary N) is 2. The van der Waals surface area contributed by atoms with E-state index in [1.807, 2.05) is 45.9 Å². The van der Waals surface area contributed by atoms with E-state index in [2.05, 4.69) is 10.0 Å². The van der Waals surface area contributed by atoms with E-state index in [0.29, 0.717) is 24.5 Å². The molecule has 1 aromatic rings. The van der Waals surface area contributed by atoms with Crippen molar-refractivity contribution in [2.75, 3.05) is 20.8 Å². The standard InChI is InChI=1S/C18H30N2O4S/c1-12(2)17(20-25(22)13(3)4)18(21)19-10-9-14-7-8-15(23-5)16(11-14)24-6/h7-8,11-13,17,20H,9-10H2,1-6H3,(H,19,21)/t17?,25-/m0/s1. The van der Waals surface area contributed by atoms with Crippen LogP contribution in [0.3, 0.4) is 0 Å². The van der Waals surface area contributed by atoms with Crippen LogP contribution in [-0.2, 0) is 22.2 Å². The fourth-order valence-electron chi connectivity index (χ4n) is 2.23. The van der Waals surface area contributed by atoms with Crippen LogP contribution in [0, 0.1) is 5.92 Å². The summed E-state index contributed by atoms with van der Waals surface area (Å²) in [6.07, 6.45) is 0.671. The number of amides is 1. The van der Waals surface area contributed by atoms with Crippen LogP contribution in [0.4, 0.5) is 0 Å². The number of carbonyl (C=O) groups is 1. The highest BCUT2D eigenvalue weighted by atomic mass is 32.2. The number of methoxy groups -OCH3 is 2. The Hall–Kier alpha value is -1.60. The third-order valence-electron chi connectivity index (χ3n) is 3.78. The quantitative estimate of drug-likeness (QED) is 0.661. The average Bonchev–Trinajstić information content (AvgIpc) is 2.58. The van der Waals surface area contributed by atoms with Crippen LogP contribution in [0.2, 0.25) is 0 Å². The van der Waals surface area contributed by atoms with E-state index >= 15 is 0 Å². The second-order valence-electron chi connectivity index (χ2n) is 6.42. The largest absolute Gasteiger partial charge is 0.493 e. The van der Waals surface area contributed by atoms with Gasteiger partial charge in [-0.25, -0.2) is 8.93 Å². The molecule has 1 unspecified atom stereocenters. The zero-order valence-electron chi connectivity index (χ0n) is 15.9. The summed E-state index contributed by atoms with van der Waals surface area (Å²) in [7, 11) is 1.96. The highest BCUT2D eigenvalue weighted by molar-refractivity contribution is 7.83. The van der Waals surface area contributed by atoms with Gasteiger partial charge in [-0.15, -0.1) is 0 Å². The number of ether oxygens (including phenoxy) is 2. The lowest BCUT2D eigenvalue weighted by atomic mass is 10.0.